The molecule has 2 N–H and O–H groups in total. The maximum atomic E-state index is 16.5. The minimum Gasteiger partial charge on any atom is -0.507 e. The van der Waals surface area contributed by atoms with Crippen LogP contribution in [0.15, 0.2) is 54.0 Å². The summed E-state index contributed by atoms with van der Waals surface area (Å²) in [5.74, 6) is -2.21. The van der Waals surface area contributed by atoms with E-state index in [0.717, 1.165) is 24.6 Å². The van der Waals surface area contributed by atoms with Crippen LogP contribution in [-0.2, 0) is 0 Å². The van der Waals surface area contributed by atoms with Gasteiger partial charge < -0.3 is 24.9 Å². The molecule has 12 heteroatoms. The molecule has 260 valence electrons. The standard InChI is InChI=1S/C37H45F2N7O3/c1-8-29(48)44-18-23(5)45-24(20-44)19-43(16-10-15-42(6)7)35-34(45)25-17-27(39)32(30-26(38)11-9-12-28(30)47)41-36(25)46(37(35)49)33-22(4)13-14-40-31(33)21(2)3/h8-9,11-14,17,21,23-24,29,47-48H,1,10,15-16,18-20H2,2-7H3. The lowest BCUT2D eigenvalue weighted by molar-refractivity contribution is 0.0189. The molecule has 2 aliphatic rings. The first-order chi connectivity index (χ1) is 23.3. The van der Waals surface area contributed by atoms with E-state index in [0.29, 0.717) is 54.3 Å². The number of benzene rings is 1. The number of hydrogen-bond acceptors (Lipinski definition) is 9. The second-order valence-electron chi connectivity index (χ2n) is 13.8. The molecule has 0 bridgehead atoms. The van der Waals surface area contributed by atoms with Gasteiger partial charge in [0.15, 0.2) is 11.5 Å². The SMILES string of the molecule is C=CC(O)N1CC(C)N2c3c(c(=O)n(-c4c(C)ccnc4C(C)C)c4nc(-c5c(O)cccc5F)c(F)cc34)N(CCCN(C)C)CC2C1. The van der Waals surface area contributed by atoms with Gasteiger partial charge in [0.25, 0.3) is 5.56 Å². The van der Waals surface area contributed by atoms with Crippen LogP contribution in [0, 0.1) is 18.6 Å². The van der Waals surface area contributed by atoms with E-state index in [4.69, 9.17) is 4.98 Å². The number of piperazine rings is 1. The van der Waals surface area contributed by atoms with Crippen molar-refractivity contribution in [2.45, 2.75) is 58.3 Å². The molecule has 10 nitrogen and oxygen atoms in total. The Kier molecular flexibility index (Phi) is 9.49. The molecule has 0 amide bonds. The van der Waals surface area contributed by atoms with E-state index in [1.165, 1.54) is 28.8 Å². The molecule has 0 saturated carbocycles. The Balaban J connectivity index is 1.73. The van der Waals surface area contributed by atoms with Crippen LogP contribution in [0.25, 0.3) is 28.0 Å². The van der Waals surface area contributed by atoms with E-state index in [9.17, 15) is 10.2 Å². The molecule has 1 aromatic carbocycles. The number of aromatic nitrogens is 3. The van der Waals surface area contributed by atoms with Crippen LogP contribution in [0.3, 0.4) is 0 Å². The number of pyridine rings is 3. The van der Waals surface area contributed by atoms with Crippen molar-refractivity contribution in [2.24, 2.45) is 0 Å². The Morgan fingerprint density at radius 1 is 1.10 bits per heavy atom. The van der Waals surface area contributed by atoms with Gasteiger partial charge in [0.2, 0.25) is 0 Å². The number of anilines is 2. The molecule has 3 unspecified atom stereocenters. The van der Waals surface area contributed by atoms with E-state index < -0.39 is 29.3 Å². The van der Waals surface area contributed by atoms with E-state index in [1.54, 1.807) is 6.20 Å². The van der Waals surface area contributed by atoms with Crippen LogP contribution < -0.4 is 15.4 Å². The number of aliphatic hydroxyl groups is 1. The summed E-state index contributed by atoms with van der Waals surface area (Å²) in [5, 5.41) is 21.8. The lowest BCUT2D eigenvalue weighted by Crippen LogP contribution is -2.65. The van der Waals surface area contributed by atoms with Crippen LogP contribution in [0.2, 0.25) is 0 Å². The molecule has 3 atom stereocenters. The monoisotopic (exact) mass is 673 g/mol. The Morgan fingerprint density at radius 2 is 1.86 bits per heavy atom. The zero-order valence-electron chi connectivity index (χ0n) is 29.0. The van der Waals surface area contributed by atoms with Crippen molar-refractivity contribution in [3.05, 3.63) is 82.4 Å². The molecular formula is C37H45F2N7O3. The summed E-state index contributed by atoms with van der Waals surface area (Å²) in [4.78, 5) is 33.0. The van der Waals surface area contributed by atoms with Crippen molar-refractivity contribution in [1.29, 1.82) is 0 Å². The minimum absolute atomic E-state index is 0.0756. The van der Waals surface area contributed by atoms with Crippen molar-refractivity contribution in [1.82, 2.24) is 24.3 Å². The van der Waals surface area contributed by atoms with Gasteiger partial charge in [0, 0.05) is 43.8 Å². The molecule has 49 heavy (non-hydrogen) atoms. The number of halogens is 2. The van der Waals surface area contributed by atoms with Crippen molar-refractivity contribution in [3.63, 3.8) is 0 Å². The summed E-state index contributed by atoms with van der Waals surface area (Å²) in [6, 6.07) is 6.55. The predicted molar refractivity (Wildman–Crippen MR) is 190 cm³/mol. The second kappa shape index (κ2) is 13.5. The molecule has 0 radical (unpaired) electrons. The van der Waals surface area contributed by atoms with Crippen molar-refractivity contribution in [3.8, 4) is 22.7 Å². The summed E-state index contributed by atoms with van der Waals surface area (Å²) >= 11 is 0. The molecule has 1 fully saturated rings. The van der Waals surface area contributed by atoms with E-state index >= 15 is 13.6 Å². The van der Waals surface area contributed by atoms with E-state index in [-0.39, 0.29) is 34.8 Å². The smallest absolute Gasteiger partial charge is 0.282 e. The number of hydrogen-bond donors (Lipinski definition) is 2. The van der Waals surface area contributed by atoms with Gasteiger partial charge in [-0.1, -0.05) is 26.5 Å². The molecule has 0 spiro atoms. The number of phenols is 1. The zero-order chi connectivity index (χ0) is 35.3. The van der Waals surface area contributed by atoms with Gasteiger partial charge in [-0.3, -0.25) is 19.2 Å². The summed E-state index contributed by atoms with van der Waals surface area (Å²) in [7, 11) is 4.00. The number of rotatable bonds is 9. The quantitative estimate of drug-likeness (QED) is 0.237. The maximum absolute atomic E-state index is 16.5. The highest BCUT2D eigenvalue weighted by molar-refractivity contribution is 6.00. The van der Waals surface area contributed by atoms with E-state index in [1.807, 2.05) is 52.8 Å². The topological polar surface area (TPSA) is 101 Å². The highest BCUT2D eigenvalue weighted by Gasteiger charge is 2.43. The third-order valence-corrected chi connectivity index (χ3v) is 9.64. The second-order valence-corrected chi connectivity index (χ2v) is 13.8. The number of aryl methyl sites for hydroxylation is 1. The Bertz CT molecular complexity index is 1940. The largest absolute Gasteiger partial charge is 0.507 e. The van der Waals surface area contributed by atoms with Gasteiger partial charge in [-0.25, -0.2) is 13.8 Å². The molecule has 0 aliphatic carbocycles. The van der Waals surface area contributed by atoms with Crippen LogP contribution >= 0.6 is 0 Å². The van der Waals surface area contributed by atoms with Gasteiger partial charge in [-0.05, 0) is 82.7 Å². The molecule has 6 rings (SSSR count). The Morgan fingerprint density at radius 3 is 2.53 bits per heavy atom. The fourth-order valence-electron chi connectivity index (χ4n) is 7.48. The summed E-state index contributed by atoms with van der Waals surface area (Å²) in [5.41, 5.74) is 1.99. The highest BCUT2D eigenvalue weighted by atomic mass is 19.1. The number of fused-ring (bicyclic) bond motifs is 5. The van der Waals surface area contributed by atoms with Gasteiger partial charge in [-0.15, -0.1) is 0 Å². The average Bonchev–Trinajstić information content (AvgIpc) is 3.04. The number of aliphatic hydroxyl groups excluding tert-OH is 1. The van der Waals surface area contributed by atoms with Crippen molar-refractivity contribution >= 4 is 22.4 Å². The van der Waals surface area contributed by atoms with Crippen molar-refractivity contribution < 1.29 is 19.0 Å². The highest BCUT2D eigenvalue weighted by Crippen LogP contribution is 2.44. The van der Waals surface area contributed by atoms with Crippen LogP contribution in [0.1, 0.15) is 44.4 Å². The predicted octanol–water partition coefficient (Wildman–Crippen LogP) is 5.02. The van der Waals surface area contributed by atoms with Gasteiger partial charge >= 0.3 is 0 Å². The van der Waals surface area contributed by atoms with Crippen LogP contribution in [-0.4, -0.2) is 99.7 Å². The average molecular weight is 674 g/mol. The minimum atomic E-state index is -0.837. The van der Waals surface area contributed by atoms with Crippen LogP contribution in [0.5, 0.6) is 5.75 Å². The van der Waals surface area contributed by atoms with E-state index in [2.05, 4.69) is 26.3 Å². The van der Waals surface area contributed by atoms with Gasteiger partial charge in [0.1, 0.15) is 29.2 Å². The summed E-state index contributed by atoms with van der Waals surface area (Å²) < 4.78 is 33.2. The third kappa shape index (κ3) is 6.06. The molecular weight excluding hydrogens is 628 g/mol. The number of nitrogens with zero attached hydrogens (tertiary/aromatic N) is 7. The van der Waals surface area contributed by atoms with Crippen molar-refractivity contribution in [2.75, 3.05) is 56.6 Å². The molecule has 1 saturated heterocycles. The summed E-state index contributed by atoms with van der Waals surface area (Å²) in [6.45, 7) is 14.5. The Labute approximate surface area is 285 Å². The molecule has 2 aliphatic heterocycles. The number of aromatic hydroxyl groups is 1. The normalized spacial score (nSPS) is 18.7. The van der Waals surface area contributed by atoms with Gasteiger partial charge in [-0.2, -0.15) is 0 Å². The first-order valence-electron chi connectivity index (χ1n) is 16.8. The molecule has 4 aromatic rings. The first kappa shape index (κ1) is 34.5. The fraction of sp³-hybridized carbons (Fsp3) is 0.432. The molecule has 5 heterocycles. The first-order valence-corrected chi connectivity index (χ1v) is 16.8. The zero-order valence-corrected chi connectivity index (χ0v) is 29.0. The summed E-state index contributed by atoms with van der Waals surface area (Å²) in [6.07, 6.45) is 3.14. The lowest BCUT2D eigenvalue weighted by atomic mass is 9.97. The molecule has 3 aromatic heterocycles. The van der Waals surface area contributed by atoms with Crippen LogP contribution in [0.4, 0.5) is 20.2 Å². The Hall–Kier alpha value is -4.39. The number of phenolic OH excluding ortho intramolecular Hbond substituents is 1. The maximum Gasteiger partial charge on any atom is 0.282 e. The fourth-order valence-corrected chi connectivity index (χ4v) is 7.48. The third-order valence-electron chi connectivity index (χ3n) is 9.64. The lowest BCUT2D eigenvalue weighted by Gasteiger charge is -2.53. The van der Waals surface area contributed by atoms with Gasteiger partial charge in [0.05, 0.1) is 28.7 Å².